The van der Waals surface area contributed by atoms with Gasteiger partial charge in [-0.25, -0.2) is 0 Å². The van der Waals surface area contributed by atoms with Crippen LogP contribution < -0.4 is 10.8 Å². The van der Waals surface area contributed by atoms with Crippen molar-refractivity contribution in [2.75, 3.05) is 7.05 Å². The average Bonchev–Trinajstić information content (AvgIpc) is 2.37. The molecule has 1 rings (SSSR count). The molecule has 0 saturated carbocycles. The molecule has 0 aliphatic heterocycles. The molecule has 0 radical (unpaired) electrons. The summed E-state index contributed by atoms with van der Waals surface area (Å²) in [7, 11) is 0.520. The van der Waals surface area contributed by atoms with E-state index < -0.39 is 7.12 Å². The first-order chi connectivity index (χ1) is 5.24. The van der Waals surface area contributed by atoms with Gasteiger partial charge in [0.1, 0.15) is 0 Å². The summed E-state index contributed by atoms with van der Waals surface area (Å²) in [6.45, 7) is 0.775. The van der Waals surface area contributed by atoms with Crippen molar-refractivity contribution in [2.45, 2.75) is 6.54 Å². The smallest absolute Gasteiger partial charge is 0.423 e. The van der Waals surface area contributed by atoms with Crippen LogP contribution in [0.25, 0.3) is 0 Å². The van der Waals surface area contributed by atoms with E-state index in [2.05, 4.69) is 5.32 Å². The third kappa shape index (κ3) is 2.30. The summed E-state index contributed by atoms with van der Waals surface area (Å²) >= 11 is 1.52. The van der Waals surface area contributed by atoms with Gasteiger partial charge in [-0.15, -0.1) is 11.3 Å². The fourth-order valence-electron chi connectivity index (χ4n) is 0.800. The van der Waals surface area contributed by atoms with Gasteiger partial charge in [-0.1, -0.05) is 0 Å². The van der Waals surface area contributed by atoms with Crippen molar-refractivity contribution in [1.82, 2.24) is 5.32 Å². The van der Waals surface area contributed by atoms with E-state index >= 15 is 0 Å². The summed E-state index contributed by atoms with van der Waals surface area (Å²) in [4.78, 5) is 1.11. The molecule has 0 aromatic carbocycles. The molecular weight excluding hydrogens is 161 g/mol. The van der Waals surface area contributed by atoms with Crippen LogP contribution in [0.2, 0.25) is 0 Å². The van der Waals surface area contributed by atoms with Crippen LogP contribution in [0.4, 0.5) is 0 Å². The first-order valence-corrected chi connectivity index (χ1v) is 4.20. The van der Waals surface area contributed by atoms with E-state index in [1.165, 1.54) is 11.3 Å². The number of hydrogen-bond donors (Lipinski definition) is 3. The van der Waals surface area contributed by atoms with Gasteiger partial charge in [0.25, 0.3) is 0 Å². The number of nitrogens with one attached hydrogen (secondary N) is 1. The number of rotatable bonds is 3. The highest BCUT2D eigenvalue weighted by molar-refractivity contribution is 7.11. The first-order valence-electron chi connectivity index (χ1n) is 3.32. The molecule has 3 nitrogen and oxygen atoms in total. The van der Waals surface area contributed by atoms with E-state index in [1.807, 2.05) is 7.05 Å². The van der Waals surface area contributed by atoms with Crippen molar-refractivity contribution >= 4 is 23.9 Å². The summed E-state index contributed by atoms with van der Waals surface area (Å²) in [5, 5.41) is 22.2. The third-order valence-electron chi connectivity index (χ3n) is 1.32. The summed E-state index contributed by atoms with van der Waals surface area (Å²) < 4.78 is 0. The molecule has 0 spiro atoms. The van der Waals surface area contributed by atoms with Crippen LogP contribution in [-0.2, 0) is 6.54 Å². The fraction of sp³-hybridized carbons (Fsp3) is 0.333. The highest BCUT2D eigenvalue weighted by atomic mass is 32.1. The Balaban J connectivity index is 2.66. The van der Waals surface area contributed by atoms with Crippen molar-refractivity contribution in [3.8, 4) is 0 Å². The molecule has 1 aromatic heterocycles. The largest absolute Gasteiger partial charge is 0.489 e. The summed E-state index contributed by atoms with van der Waals surface area (Å²) in [5.41, 5.74) is 0.570. The molecule has 1 aromatic rings. The van der Waals surface area contributed by atoms with Gasteiger partial charge in [0.2, 0.25) is 0 Å². The zero-order valence-electron chi connectivity index (χ0n) is 6.24. The topological polar surface area (TPSA) is 52.5 Å². The molecule has 0 aliphatic rings. The summed E-state index contributed by atoms with van der Waals surface area (Å²) in [5.74, 6) is 0. The van der Waals surface area contributed by atoms with Crippen molar-refractivity contribution in [1.29, 1.82) is 0 Å². The van der Waals surface area contributed by atoms with Crippen LogP contribution >= 0.6 is 11.3 Å². The molecule has 0 aliphatic carbocycles. The minimum atomic E-state index is -1.34. The van der Waals surface area contributed by atoms with E-state index in [0.717, 1.165) is 11.4 Å². The second kappa shape index (κ2) is 3.87. The van der Waals surface area contributed by atoms with Crippen molar-refractivity contribution < 1.29 is 10.0 Å². The minimum absolute atomic E-state index is 0.570. The highest BCUT2D eigenvalue weighted by Gasteiger charge is 2.12. The molecule has 60 valence electrons. The SMILES string of the molecule is CNCc1cc(B(O)O)cs1. The Morgan fingerprint density at radius 3 is 2.82 bits per heavy atom. The molecule has 1 heterocycles. The monoisotopic (exact) mass is 171 g/mol. The number of thiophene rings is 1. The van der Waals surface area contributed by atoms with Crippen molar-refractivity contribution in [2.24, 2.45) is 0 Å². The zero-order valence-corrected chi connectivity index (χ0v) is 7.06. The van der Waals surface area contributed by atoms with E-state index in [4.69, 9.17) is 10.0 Å². The van der Waals surface area contributed by atoms with Gasteiger partial charge < -0.3 is 15.4 Å². The molecule has 0 saturated heterocycles. The highest BCUT2D eigenvalue weighted by Crippen LogP contribution is 2.05. The third-order valence-corrected chi connectivity index (χ3v) is 2.28. The van der Waals surface area contributed by atoms with Gasteiger partial charge >= 0.3 is 7.12 Å². The molecule has 0 atom stereocenters. The molecule has 3 N–H and O–H groups in total. The van der Waals surface area contributed by atoms with Crippen LogP contribution in [0.5, 0.6) is 0 Å². The summed E-state index contributed by atoms with van der Waals surface area (Å²) in [6.07, 6.45) is 0. The Kier molecular flexibility index (Phi) is 3.08. The lowest BCUT2D eigenvalue weighted by atomic mass is 9.83. The van der Waals surface area contributed by atoms with Crippen LogP contribution in [0, 0.1) is 0 Å². The lowest BCUT2D eigenvalue weighted by molar-refractivity contribution is 0.426. The second-order valence-electron chi connectivity index (χ2n) is 2.25. The quantitative estimate of drug-likeness (QED) is 0.519. The Bertz CT molecular complexity index is 226. The van der Waals surface area contributed by atoms with Gasteiger partial charge in [-0.05, 0) is 24.0 Å². The van der Waals surface area contributed by atoms with Crippen molar-refractivity contribution in [3.05, 3.63) is 16.3 Å². The second-order valence-corrected chi connectivity index (χ2v) is 3.25. The average molecular weight is 171 g/mol. The fourth-order valence-corrected chi connectivity index (χ4v) is 1.71. The summed E-state index contributed by atoms with van der Waals surface area (Å²) in [6, 6.07) is 1.78. The molecule has 0 bridgehead atoms. The van der Waals surface area contributed by atoms with Crippen LogP contribution in [-0.4, -0.2) is 24.2 Å². The molecule has 5 heteroatoms. The Morgan fingerprint density at radius 1 is 1.64 bits per heavy atom. The van der Waals surface area contributed by atoms with E-state index in [1.54, 1.807) is 11.4 Å². The Labute approximate surface area is 69.8 Å². The Hall–Kier alpha value is -0.355. The van der Waals surface area contributed by atoms with Gasteiger partial charge in [0, 0.05) is 11.4 Å². The van der Waals surface area contributed by atoms with Crippen LogP contribution in [0.15, 0.2) is 11.4 Å². The predicted molar refractivity (Wildman–Crippen MR) is 46.9 cm³/mol. The van der Waals surface area contributed by atoms with Gasteiger partial charge in [0.15, 0.2) is 0 Å². The normalized spacial score (nSPS) is 10.1. The maximum atomic E-state index is 8.75. The predicted octanol–water partition coefficient (Wildman–Crippen LogP) is -0.853. The van der Waals surface area contributed by atoms with E-state index in [0.29, 0.717) is 5.46 Å². The molecule has 0 amide bonds. The first kappa shape index (κ1) is 8.74. The molecule has 11 heavy (non-hydrogen) atoms. The molecular formula is C6H10BNO2S. The molecule has 0 unspecified atom stereocenters. The Morgan fingerprint density at radius 2 is 2.36 bits per heavy atom. The van der Waals surface area contributed by atoms with Crippen molar-refractivity contribution in [3.63, 3.8) is 0 Å². The molecule has 0 fully saturated rings. The maximum Gasteiger partial charge on any atom is 0.489 e. The minimum Gasteiger partial charge on any atom is -0.423 e. The standard InChI is InChI=1S/C6H10BNO2S/c1-8-3-6-2-5(4-11-6)7(9)10/h2,4,8-10H,3H2,1H3. The van der Waals surface area contributed by atoms with E-state index in [-0.39, 0.29) is 0 Å². The van der Waals surface area contributed by atoms with Gasteiger partial charge in [0.05, 0.1) is 0 Å². The van der Waals surface area contributed by atoms with Gasteiger partial charge in [-0.3, -0.25) is 0 Å². The lowest BCUT2D eigenvalue weighted by Crippen LogP contribution is -2.28. The van der Waals surface area contributed by atoms with Gasteiger partial charge in [-0.2, -0.15) is 0 Å². The van der Waals surface area contributed by atoms with E-state index in [9.17, 15) is 0 Å². The van der Waals surface area contributed by atoms with Crippen LogP contribution in [0.3, 0.4) is 0 Å². The number of hydrogen-bond acceptors (Lipinski definition) is 4. The lowest BCUT2D eigenvalue weighted by Gasteiger charge is -1.92. The maximum absolute atomic E-state index is 8.75. The van der Waals surface area contributed by atoms with Crippen LogP contribution in [0.1, 0.15) is 4.88 Å². The zero-order chi connectivity index (χ0) is 8.27.